The first-order valence-corrected chi connectivity index (χ1v) is 26.7. The summed E-state index contributed by atoms with van der Waals surface area (Å²) < 4.78 is 1.33. The van der Waals surface area contributed by atoms with Crippen molar-refractivity contribution >= 4 is 95.0 Å². The minimum absolute atomic E-state index is 0.00268. The fraction of sp³-hybridized carbons (Fsp3) is 0.323. The molecule has 0 atom stereocenters. The van der Waals surface area contributed by atoms with Crippen LogP contribution in [0.25, 0.3) is 10.1 Å². The van der Waals surface area contributed by atoms with Gasteiger partial charge in [0.05, 0.1) is 10.7 Å². The topological polar surface area (TPSA) is 9.72 Å². The van der Waals surface area contributed by atoms with Crippen LogP contribution in [-0.4, -0.2) is 6.71 Å². The van der Waals surface area contributed by atoms with Crippen molar-refractivity contribution in [3.63, 3.8) is 0 Å². The van der Waals surface area contributed by atoms with Crippen molar-refractivity contribution in [3.05, 3.63) is 179 Å². The first kappa shape index (κ1) is 45.1. The normalized spacial score (nSPS) is 17.9. The maximum absolute atomic E-state index is 2.71. The summed E-state index contributed by atoms with van der Waals surface area (Å²) in [6.45, 7) is 29.1. The fourth-order valence-corrected chi connectivity index (χ4v) is 14.1. The molecule has 4 aliphatic rings. The highest BCUT2D eigenvalue weighted by molar-refractivity contribution is 7.26. The van der Waals surface area contributed by atoms with Gasteiger partial charge in [-0.25, -0.2) is 0 Å². The van der Waals surface area contributed by atoms with Crippen LogP contribution in [0, 0.1) is 6.92 Å². The quantitative estimate of drug-likeness (QED) is 0.159. The molecule has 3 nitrogen and oxygen atoms in total. The zero-order valence-corrected chi connectivity index (χ0v) is 44.3. The van der Waals surface area contributed by atoms with Crippen molar-refractivity contribution in [2.24, 2.45) is 0 Å². The lowest BCUT2D eigenvalue weighted by atomic mass is 9.33. The Morgan fingerprint density at radius 2 is 1.03 bits per heavy atom. The molecule has 0 amide bonds. The minimum atomic E-state index is 0.00268. The number of hydrogen-bond acceptors (Lipinski definition) is 4. The SMILES string of the molecule is Cc1cc(C(C)(C)C)ccc1N1c2cc(N(c3ccccc3)c3ccccc3)cc3c2B(c2cc4c(cc2N3c2ccc3c(c2)C(C)(C)CCC3(C)C)C(C)(C)CCC4(C)C)c2c1sc1ccccc21. The third-order valence-electron chi connectivity index (χ3n) is 17.2. The van der Waals surface area contributed by atoms with Crippen molar-refractivity contribution in [3.8, 4) is 0 Å². The summed E-state index contributed by atoms with van der Waals surface area (Å²) in [6, 6.07) is 56.4. The van der Waals surface area contributed by atoms with E-state index in [1.165, 1.54) is 106 Å². The monoisotopic (exact) mass is 934 g/mol. The zero-order chi connectivity index (χ0) is 48.9. The summed E-state index contributed by atoms with van der Waals surface area (Å²) in [7, 11) is 0. The van der Waals surface area contributed by atoms with Gasteiger partial charge in [-0.1, -0.05) is 155 Å². The fourth-order valence-electron chi connectivity index (χ4n) is 12.8. The molecule has 3 heterocycles. The number of para-hydroxylation sites is 2. The molecule has 0 saturated heterocycles. The second kappa shape index (κ2) is 15.5. The van der Waals surface area contributed by atoms with Crippen molar-refractivity contribution in [1.29, 1.82) is 0 Å². The van der Waals surface area contributed by atoms with E-state index in [2.05, 4.69) is 243 Å². The van der Waals surface area contributed by atoms with Crippen LogP contribution in [0.3, 0.4) is 0 Å². The highest BCUT2D eigenvalue weighted by atomic mass is 32.1. The van der Waals surface area contributed by atoms with Gasteiger partial charge in [-0.15, -0.1) is 11.3 Å². The Hall–Kier alpha value is -6.04. The van der Waals surface area contributed by atoms with Crippen molar-refractivity contribution in [1.82, 2.24) is 0 Å². The molecule has 0 saturated carbocycles. The number of aryl methyl sites for hydroxylation is 1. The van der Waals surface area contributed by atoms with E-state index in [9.17, 15) is 0 Å². The number of nitrogens with zero attached hydrogens (tertiary/aromatic N) is 3. The van der Waals surface area contributed by atoms with E-state index in [1.807, 2.05) is 11.3 Å². The van der Waals surface area contributed by atoms with Crippen LogP contribution in [0.2, 0.25) is 0 Å². The number of benzene rings is 7. The van der Waals surface area contributed by atoms with E-state index in [-0.39, 0.29) is 33.8 Å². The number of thiophene rings is 1. The highest BCUT2D eigenvalue weighted by Crippen LogP contribution is 2.55. The predicted molar refractivity (Wildman–Crippen MR) is 305 cm³/mol. The van der Waals surface area contributed by atoms with E-state index < -0.39 is 0 Å². The third kappa shape index (κ3) is 6.88. The lowest BCUT2D eigenvalue weighted by Crippen LogP contribution is -2.61. The standard InChI is InChI=1S/C65H68BN3S/c1-41-35-42(61(2,3)4)27-30-53(41)69-56-38-46(67(43-21-15-13-16-22-43)44-23-17-14-18-24-44)37-55-59(56)66(58-47-25-19-20-26-57(47)70-60(58)69)52-39-50-51(65(11,12)34-33-64(50,9)10)40-54(52)68(55)45-28-29-48-49(36-45)63(7,8)32-31-62(48,5)6/h13-30,35-40H,31-34H2,1-12H3. The Morgan fingerprint density at radius 1 is 0.486 bits per heavy atom. The predicted octanol–water partition coefficient (Wildman–Crippen LogP) is 16.8. The van der Waals surface area contributed by atoms with Crippen LogP contribution in [0.15, 0.2) is 146 Å². The first-order chi connectivity index (χ1) is 33.2. The van der Waals surface area contributed by atoms with Crippen molar-refractivity contribution in [2.45, 2.75) is 136 Å². The van der Waals surface area contributed by atoms with E-state index in [1.54, 1.807) is 0 Å². The first-order valence-electron chi connectivity index (χ1n) is 25.9. The van der Waals surface area contributed by atoms with Gasteiger partial charge in [0, 0.05) is 44.5 Å². The summed E-state index contributed by atoms with van der Waals surface area (Å²) in [5.74, 6) is 0. The van der Waals surface area contributed by atoms with Gasteiger partial charge in [-0.05, 0) is 182 Å². The second-order valence-electron chi connectivity index (χ2n) is 24.8. The van der Waals surface area contributed by atoms with Gasteiger partial charge in [-0.2, -0.15) is 0 Å². The lowest BCUT2D eigenvalue weighted by molar-refractivity contribution is 0.332. The van der Waals surface area contributed by atoms with E-state index in [0.717, 1.165) is 29.9 Å². The highest BCUT2D eigenvalue weighted by Gasteiger charge is 2.49. The van der Waals surface area contributed by atoms with Gasteiger partial charge in [-0.3, -0.25) is 0 Å². The number of anilines is 9. The Labute approximate surface area is 422 Å². The average Bonchev–Trinajstić information content (AvgIpc) is 3.71. The molecule has 0 unspecified atom stereocenters. The van der Waals surface area contributed by atoms with E-state index >= 15 is 0 Å². The molecular weight excluding hydrogens is 866 g/mol. The Morgan fingerprint density at radius 3 is 1.63 bits per heavy atom. The molecule has 0 fully saturated rings. The molecule has 7 aromatic carbocycles. The second-order valence-corrected chi connectivity index (χ2v) is 25.8. The van der Waals surface area contributed by atoms with Gasteiger partial charge in [0.15, 0.2) is 0 Å². The Kier molecular flexibility index (Phi) is 9.98. The maximum atomic E-state index is 2.71. The summed E-state index contributed by atoms with van der Waals surface area (Å²) >= 11 is 1.95. The van der Waals surface area contributed by atoms with Gasteiger partial charge >= 0.3 is 0 Å². The summed E-state index contributed by atoms with van der Waals surface area (Å²) in [5, 5.41) is 2.67. The van der Waals surface area contributed by atoms with Crippen LogP contribution in [0.5, 0.6) is 0 Å². The van der Waals surface area contributed by atoms with Crippen LogP contribution in [0.1, 0.15) is 135 Å². The van der Waals surface area contributed by atoms with Gasteiger partial charge < -0.3 is 14.7 Å². The van der Waals surface area contributed by atoms with Crippen molar-refractivity contribution < 1.29 is 0 Å². The molecular formula is C65H68BN3S. The molecule has 0 N–H and O–H groups in total. The minimum Gasteiger partial charge on any atom is -0.311 e. The summed E-state index contributed by atoms with van der Waals surface area (Å²) in [5.41, 5.74) is 22.7. The third-order valence-corrected chi connectivity index (χ3v) is 18.4. The lowest BCUT2D eigenvalue weighted by Gasteiger charge is -2.48. The van der Waals surface area contributed by atoms with Gasteiger partial charge in [0.1, 0.15) is 0 Å². The maximum Gasteiger partial charge on any atom is 0.254 e. The molecule has 0 radical (unpaired) electrons. The van der Waals surface area contributed by atoms with E-state index in [0.29, 0.717) is 0 Å². The Balaban J connectivity index is 1.25. The smallest absolute Gasteiger partial charge is 0.254 e. The van der Waals surface area contributed by atoms with Crippen LogP contribution >= 0.6 is 11.3 Å². The molecule has 70 heavy (non-hydrogen) atoms. The summed E-state index contributed by atoms with van der Waals surface area (Å²) in [6.07, 6.45) is 4.67. The summed E-state index contributed by atoms with van der Waals surface area (Å²) in [4.78, 5) is 7.86. The largest absolute Gasteiger partial charge is 0.311 e. The molecule has 5 heteroatoms. The zero-order valence-electron chi connectivity index (χ0n) is 43.5. The number of rotatable bonds is 5. The van der Waals surface area contributed by atoms with Gasteiger partial charge in [0.2, 0.25) is 0 Å². The molecule has 0 bridgehead atoms. The molecule has 2 aliphatic heterocycles. The average molecular weight is 934 g/mol. The number of hydrogen-bond donors (Lipinski definition) is 0. The van der Waals surface area contributed by atoms with E-state index in [4.69, 9.17) is 0 Å². The molecule has 0 spiro atoms. The molecule has 1 aromatic heterocycles. The molecule has 2 aliphatic carbocycles. The van der Waals surface area contributed by atoms with Crippen LogP contribution in [-0.2, 0) is 27.1 Å². The molecule has 352 valence electrons. The number of fused-ring (bicyclic) bond motifs is 8. The van der Waals surface area contributed by atoms with Crippen LogP contribution in [0.4, 0.5) is 50.5 Å². The van der Waals surface area contributed by atoms with Crippen LogP contribution < -0.4 is 31.1 Å². The molecule has 8 aromatic rings. The van der Waals surface area contributed by atoms with Gasteiger partial charge in [0.25, 0.3) is 6.71 Å². The molecule has 12 rings (SSSR count). The Bertz CT molecular complexity index is 3370. The van der Waals surface area contributed by atoms with Crippen molar-refractivity contribution in [2.75, 3.05) is 14.7 Å².